The first kappa shape index (κ1) is 17.5. The number of hydrogen-bond acceptors (Lipinski definition) is 3. The van der Waals surface area contributed by atoms with E-state index >= 15 is 0 Å². The van der Waals surface area contributed by atoms with Gasteiger partial charge < -0.3 is 10.4 Å². The minimum Gasteiger partial charge on any atom is -0.508 e. The van der Waals surface area contributed by atoms with Gasteiger partial charge in [0.25, 0.3) is 5.91 Å². The number of aryl methyl sites for hydroxylation is 2. The molecule has 1 aromatic carbocycles. The van der Waals surface area contributed by atoms with Gasteiger partial charge in [-0.25, -0.2) is 4.98 Å². The Morgan fingerprint density at radius 1 is 1.32 bits per heavy atom. The van der Waals surface area contributed by atoms with Gasteiger partial charge in [-0.05, 0) is 65.0 Å². The number of hydrogen-bond donors (Lipinski definition) is 2. The van der Waals surface area contributed by atoms with Crippen LogP contribution in [-0.2, 0) is 12.8 Å². The maximum atomic E-state index is 12.7. The maximum absolute atomic E-state index is 12.7. The molecule has 2 N–H and O–H groups in total. The number of pyridine rings is 1. The second-order valence-corrected chi connectivity index (χ2v) is 6.88. The molecule has 2 aromatic heterocycles. The number of rotatable bonds is 5. The molecular formula is C19H20BrN3O2. The molecule has 0 fully saturated rings. The number of imidazole rings is 1. The molecule has 0 bridgehead atoms. The molecule has 0 saturated carbocycles. The average Bonchev–Trinajstić information content (AvgIpc) is 2.95. The van der Waals surface area contributed by atoms with E-state index in [-0.39, 0.29) is 11.7 Å². The summed E-state index contributed by atoms with van der Waals surface area (Å²) in [4.78, 5) is 17.4. The molecule has 0 saturated heterocycles. The van der Waals surface area contributed by atoms with Crippen LogP contribution in [0.15, 0.2) is 41.0 Å². The summed E-state index contributed by atoms with van der Waals surface area (Å²) in [5, 5.41) is 12.3. The zero-order valence-corrected chi connectivity index (χ0v) is 15.8. The van der Waals surface area contributed by atoms with Crippen molar-refractivity contribution in [2.24, 2.45) is 0 Å². The second kappa shape index (κ2) is 7.27. The molecule has 0 spiro atoms. The van der Waals surface area contributed by atoms with E-state index in [9.17, 15) is 9.90 Å². The van der Waals surface area contributed by atoms with E-state index < -0.39 is 0 Å². The zero-order chi connectivity index (χ0) is 18.0. The van der Waals surface area contributed by atoms with Crippen LogP contribution < -0.4 is 5.32 Å². The quantitative estimate of drug-likeness (QED) is 0.685. The first-order valence-electron chi connectivity index (χ1n) is 8.22. The van der Waals surface area contributed by atoms with Crippen LogP contribution in [0.3, 0.4) is 0 Å². The van der Waals surface area contributed by atoms with Crippen LogP contribution in [0.2, 0.25) is 0 Å². The van der Waals surface area contributed by atoms with E-state index in [0.717, 1.165) is 26.9 Å². The number of halogens is 1. The molecule has 130 valence electrons. The Morgan fingerprint density at radius 3 is 2.72 bits per heavy atom. The van der Waals surface area contributed by atoms with Gasteiger partial charge >= 0.3 is 0 Å². The molecule has 0 aliphatic rings. The Hall–Kier alpha value is -2.34. The Kier molecular flexibility index (Phi) is 5.08. The van der Waals surface area contributed by atoms with Crippen LogP contribution in [0.5, 0.6) is 5.75 Å². The fourth-order valence-electron chi connectivity index (χ4n) is 2.87. The van der Waals surface area contributed by atoms with E-state index in [1.54, 1.807) is 12.1 Å². The van der Waals surface area contributed by atoms with Gasteiger partial charge in [0.2, 0.25) is 0 Å². The molecular weight excluding hydrogens is 382 g/mol. The molecule has 0 aliphatic heterocycles. The SMILES string of the molecule is CCc1nc2c(C)cc(Br)cn2c1C(=O)NCCc1ccc(O)cc1. The molecule has 5 nitrogen and oxygen atoms in total. The number of amides is 1. The number of fused-ring (bicyclic) bond motifs is 1. The second-order valence-electron chi connectivity index (χ2n) is 5.97. The summed E-state index contributed by atoms with van der Waals surface area (Å²) in [7, 11) is 0. The van der Waals surface area contributed by atoms with E-state index in [4.69, 9.17) is 0 Å². The number of carbonyl (C=O) groups is 1. The molecule has 0 aliphatic carbocycles. The summed E-state index contributed by atoms with van der Waals surface area (Å²) in [6.07, 6.45) is 3.27. The summed E-state index contributed by atoms with van der Waals surface area (Å²) >= 11 is 3.49. The number of phenols is 1. The Balaban J connectivity index is 1.80. The Morgan fingerprint density at radius 2 is 2.04 bits per heavy atom. The highest BCUT2D eigenvalue weighted by Crippen LogP contribution is 2.21. The normalized spacial score (nSPS) is 11.0. The number of aromatic nitrogens is 2. The maximum Gasteiger partial charge on any atom is 0.270 e. The van der Waals surface area contributed by atoms with Crippen molar-refractivity contribution in [3.63, 3.8) is 0 Å². The van der Waals surface area contributed by atoms with Crippen LogP contribution in [-0.4, -0.2) is 26.9 Å². The molecule has 25 heavy (non-hydrogen) atoms. The van der Waals surface area contributed by atoms with Gasteiger partial charge in [0.15, 0.2) is 0 Å². The van der Waals surface area contributed by atoms with Crippen molar-refractivity contribution in [3.8, 4) is 5.75 Å². The van der Waals surface area contributed by atoms with E-state index in [0.29, 0.717) is 25.1 Å². The first-order valence-corrected chi connectivity index (χ1v) is 9.02. The number of nitrogens with one attached hydrogen (secondary N) is 1. The smallest absolute Gasteiger partial charge is 0.270 e. The molecule has 0 atom stereocenters. The topological polar surface area (TPSA) is 66.6 Å². The van der Waals surface area contributed by atoms with Gasteiger partial charge in [-0.3, -0.25) is 9.20 Å². The number of aromatic hydroxyl groups is 1. The fourth-order valence-corrected chi connectivity index (χ4v) is 3.42. The van der Waals surface area contributed by atoms with Crippen LogP contribution in [0.25, 0.3) is 5.65 Å². The third-order valence-electron chi connectivity index (χ3n) is 4.13. The highest BCUT2D eigenvalue weighted by molar-refractivity contribution is 9.10. The highest BCUT2D eigenvalue weighted by Gasteiger charge is 2.19. The fraction of sp³-hybridized carbons (Fsp3) is 0.263. The lowest BCUT2D eigenvalue weighted by Gasteiger charge is -2.08. The molecule has 0 unspecified atom stereocenters. The predicted molar refractivity (Wildman–Crippen MR) is 101 cm³/mol. The molecule has 6 heteroatoms. The molecule has 1 amide bonds. The predicted octanol–water partition coefficient (Wildman–Crippen LogP) is 3.65. The van der Waals surface area contributed by atoms with Crippen LogP contribution in [0.1, 0.15) is 34.2 Å². The largest absolute Gasteiger partial charge is 0.508 e. The van der Waals surface area contributed by atoms with Gasteiger partial charge in [-0.2, -0.15) is 0 Å². The van der Waals surface area contributed by atoms with Crippen LogP contribution in [0.4, 0.5) is 0 Å². The van der Waals surface area contributed by atoms with Gasteiger partial charge in [-0.1, -0.05) is 19.1 Å². The Labute approximate surface area is 154 Å². The Bertz CT molecular complexity index is 917. The third-order valence-corrected chi connectivity index (χ3v) is 4.56. The summed E-state index contributed by atoms with van der Waals surface area (Å²) in [6, 6.07) is 9.00. The van der Waals surface area contributed by atoms with Gasteiger partial charge in [0.1, 0.15) is 17.1 Å². The lowest BCUT2D eigenvalue weighted by molar-refractivity contribution is 0.0947. The summed E-state index contributed by atoms with van der Waals surface area (Å²) in [6.45, 7) is 4.51. The van der Waals surface area contributed by atoms with Crippen molar-refractivity contribution >= 4 is 27.5 Å². The molecule has 3 aromatic rings. The number of benzene rings is 1. The molecule has 3 rings (SSSR count). The van der Waals surface area contributed by atoms with Gasteiger partial charge in [0, 0.05) is 17.2 Å². The first-order chi connectivity index (χ1) is 12.0. The summed E-state index contributed by atoms with van der Waals surface area (Å²) < 4.78 is 2.77. The number of phenolic OH excluding ortho intramolecular Hbond substituents is 1. The van der Waals surface area contributed by atoms with Gasteiger partial charge in [-0.15, -0.1) is 0 Å². The van der Waals surface area contributed by atoms with Crippen molar-refractivity contribution in [2.75, 3.05) is 6.54 Å². The van der Waals surface area contributed by atoms with Crippen molar-refractivity contribution < 1.29 is 9.90 Å². The lowest BCUT2D eigenvalue weighted by atomic mass is 10.1. The highest BCUT2D eigenvalue weighted by atomic mass is 79.9. The third kappa shape index (κ3) is 3.69. The van der Waals surface area contributed by atoms with E-state index in [1.807, 2.05) is 42.6 Å². The average molecular weight is 402 g/mol. The van der Waals surface area contributed by atoms with E-state index in [1.165, 1.54) is 0 Å². The minimum absolute atomic E-state index is 0.124. The van der Waals surface area contributed by atoms with Gasteiger partial charge in [0.05, 0.1) is 5.69 Å². The van der Waals surface area contributed by atoms with Crippen molar-refractivity contribution in [2.45, 2.75) is 26.7 Å². The van der Waals surface area contributed by atoms with Crippen LogP contribution in [0, 0.1) is 6.92 Å². The minimum atomic E-state index is -0.124. The zero-order valence-electron chi connectivity index (χ0n) is 14.2. The van der Waals surface area contributed by atoms with E-state index in [2.05, 4.69) is 26.2 Å². The molecule has 0 radical (unpaired) electrons. The van der Waals surface area contributed by atoms with Crippen LogP contribution >= 0.6 is 15.9 Å². The number of carbonyl (C=O) groups excluding carboxylic acids is 1. The summed E-state index contributed by atoms with van der Waals surface area (Å²) in [5.74, 6) is 0.118. The van der Waals surface area contributed by atoms with Crippen molar-refractivity contribution in [3.05, 3.63) is 63.5 Å². The number of nitrogens with zero attached hydrogens (tertiary/aromatic N) is 2. The monoisotopic (exact) mass is 401 g/mol. The lowest BCUT2D eigenvalue weighted by Crippen LogP contribution is -2.27. The summed E-state index contributed by atoms with van der Waals surface area (Å²) in [5.41, 5.74) is 4.28. The molecule has 2 heterocycles. The van der Waals surface area contributed by atoms with Crippen molar-refractivity contribution in [1.29, 1.82) is 0 Å². The standard InChI is InChI=1S/C19H20BrN3O2/c1-3-16-17(23-11-14(20)10-12(2)18(23)22-16)19(25)21-9-8-13-4-6-15(24)7-5-13/h4-7,10-11,24H,3,8-9H2,1-2H3,(H,21,25). The van der Waals surface area contributed by atoms with Crippen molar-refractivity contribution in [1.82, 2.24) is 14.7 Å².